The van der Waals surface area contributed by atoms with Crippen molar-refractivity contribution in [3.8, 4) is 0 Å². The predicted molar refractivity (Wildman–Crippen MR) is 335 cm³/mol. The monoisotopic (exact) mass is 1090 g/mol. The lowest BCUT2D eigenvalue weighted by Gasteiger charge is -2.22. The maximum absolute atomic E-state index is 6.69. The molecule has 0 aromatic carbocycles. The van der Waals surface area contributed by atoms with Crippen molar-refractivity contribution < 1.29 is 33.2 Å². The molecule has 77 heavy (non-hydrogen) atoms. The molecule has 0 fully saturated rings. The first-order chi connectivity index (χ1) is 38.1. The second-order valence-electron chi connectivity index (χ2n) is 23.1. The average Bonchev–Trinajstić information content (AvgIpc) is 3.43. The van der Waals surface area contributed by atoms with E-state index in [-0.39, 0.29) is 25.2 Å². The molecular weight excluding hydrogens is 953 g/mol. The van der Waals surface area contributed by atoms with Crippen molar-refractivity contribution in [2.24, 2.45) is 0 Å². The van der Waals surface area contributed by atoms with Crippen molar-refractivity contribution in [3.05, 3.63) is 24.3 Å². The van der Waals surface area contributed by atoms with Gasteiger partial charge in [0.1, 0.15) is 0 Å². The van der Waals surface area contributed by atoms with Crippen LogP contribution in [0, 0.1) is 0 Å². The Balaban J connectivity index is 5.14. The zero-order valence-electron chi connectivity index (χ0n) is 53.1. The van der Waals surface area contributed by atoms with Gasteiger partial charge < -0.3 is 33.2 Å². The van der Waals surface area contributed by atoms with E-state index < -0.39 is 0 Å². The Kier molecular flexibility index (Phi) is 67.0. The number of hydrogen-bond acceptors (Lipinski definition) is 7. The normalized spacial score (nSPS) is 13.0. The van der Waals surface area contributed by atoms with Gasteiger partial charge in [-0.1, -0.05) is 285 Å². The number of allylic oxidation sites excluding steroid dienone is 2. The van der Waals surface area contributed by atoms with Crippen molar-refractivity contribution in [2.45, 2.75) is 388 Å². The standard InChI is InChI=1S/C70H138O7/c1-7-13-19-25-27-39-45-55-65-75-69(59-49-43-37-33-29-31-35-41-47-57-67(71-61-51-21-15-9-3)72-62-52-22-16-10-4)77-70(76-66-56-46-40-28-26-20-14-8-2)60-50-44-38-34-30-32-36-42-48-58-68(73-63-53-23-17-11-5)74-64-54-24-18-12-6/h49-50,59-60,67-70H,7-48,51-58,61-66H2,1-6H3. The number of unbranched alkanes of at least 4 members (excludes halogenated alkanes) is 40. The first kappa shape index (κ1) is 76.2. The van der Waals surface area contributed by atoms with E-state index in [2.05, 4.69) is 65.8 Å². The van der Waals surface area contributed by atoms with Gasteiger partial charge in [0, 0.05) is 26.4 Å². The van der Waals surface area contributed by atoms with Crippen LogP contribution in [0.3, 0.4) is 0 Å². The fourth-order valence-corrected chi connectivity index (χ4v) is 10.0. The molecular formula is C70H138O7. The first-order valence-corrected chi connectivity index (χ1v) is 34.8. The molecule has 0 aromatic heterocycles. The van der Waals surface area contributed by atoms with Crippen molar-refractivity contribution >= 4 is 0 Å². The minimum absolute atomic E-state index is 0.0171. The SMILES string of the molecule is CCCCCCCCCCOC(C=CCCCCCCCCCC(OCCCCCC)OCCCCCC)OC(C=CCCCCCCCCCC(OCCCCCC)OCCCCCC)OCCCCCCCCCC. The average molecular weight is 1090 g/mol. The van der Waals surface area contributed by atoms with E-state index >= 15 is 0 Å². The summed E-state index contributed by atoms with van der Waals surface area (Å²) < 4.78 is 44.6. The molecule has 0 saturated heterocycles. The summed E-state index contributed by atoms with van der Waals surface area (Å²) in [6, 6.07) is 0. The highest BCUT2D eigenvalue weighted by atomic mass is 16.8. The Hall–Kier alpha value is -0.800. The van der Waals surface area contributed by atoms with Crippen molar-refractivity contribution in [2.75, 3.05) is 39.6 Å². The zero-order valence-corrected chi connectivity index (χ0v) is 53.1. The summed E-state index contributed by atoms with van der Waals surface area (Å²) in [5, 5.41) is 0. The molecule has 0 amide bonds. The zero-order chi connectivity index (χ0) is 55.7. The Bertz CT molecular complexity index is 1000. The third-order valence-electron chi connectivity index (χ3n) is 15.2. The molecule has 0 aliphatic rings. The van der Waals surface area contributed by atoms with Gasteiger partial charge >= 0.3 is 0 Å². The predicted octanol–water partition coefficient (Wildman–Crippen LogP) is 23.1. The van der Waals surface area contributed by atoms with E-state index in [9.17, 15) is 0 Å². The summed E-state index contributed by atoms with van der Waals surface area (Å²) in [5.74, 6) is 0. The summed E-state index contributed by atoms with van der Waals surface area (Å²) in [4.78, 5) is 0. The minimum Gasteiger partial charge on any atom is -0.353 e. The lowest BCUT2D eigenvalue weighted by Crippen LogP contribution is -2.25. The fourth-order valence-electron chi connectivity index (χ4n) is 10.0. The van der Waals surface area contributed by atoms with Gasteiger partial charge in [0.25, 0.3) is 0 Å². The molecule has 0 spiro atoms. The number of ether oxygens (including phenoxy) is 7. The third kappa shape index (κ3) is 61.1. The van der Waals surface area contributed by atoms with Crippen LogP contribution >= 0.6 is 0 Å². The molecule has 0 aliphatic carbocycles. The smallest absolute Gasteiger partial charge is 0.180 e. The highest BCUT2D eigenvalue weighted by Gasteiger charge is 2.15. The van der Waals surface area contributed by atoms with E-state index in [0.717, 1.165) is 104 Å². The third-order valence-corrected chi connectivity index (χ3v) is 15.2. The Morgan fingerprint density at radius 1 is 0.221 bits per heavy atom. The van der Waals surface area contributed by atoms with Crippen molar-refractivity contribution in [1.29, 1.82) is 0 Å². The molecule has 2 atom stereocenters. The van der Waals surface area contributed by atoms with Crippen LogP contribution < -0.4 is 0 Å². The van der Waals surface area contributed by atoms with Gasteiger partial charge in [0.05, 0.1) is 13.2 Å². The molecule has 460 valence electrons. The van der Waals surface area contributed by atoms with Crippen LogP contribution in [-0.2, 0) is 33.2 Å². The summed E-state index contributed by atoms with van der Waals surface area (Å²) >= 11 is 0. The van der Waals surface area contributed by atoms with Crippen molar-refractivity contribution in [1.82, 2.24) is 0 Å². The van der Waals surface area contributed by atoms with Crippen LogP contribution in [-0.4, -0.2) is 64.8 Å². The van der Waals surface area contributed by atoms with E-state index in [1.165, 1.54) is 257 Å². The van der Waals surface area contributed by atoms with Crippen LogP contribution in [0.4, 0.5) is 0 Å². The van der Waals surface area contributed by atoms with Gasteiger partial charge in [0.2, 0.25) is 0 Å². The molecule has 2 unspecified atom stereocenters. The van der Waals surface area contributed by atoms with Gasteiger partial charge in [-0.15, -0.1) is 0 Å². The van der Waals surface area contributed by atoms with Crippen LogP contribution in [0.15, 0.2) is 24.3 Å². The lowest BCUT2D eigenvalue weighted by molar-refractivity contribution is -0.208. The second-order valence-corrected chi connectivity index (χ2v) is 23.1. The summed E-state index contributed by atoms with van der Waals surface area (Å²) in [5.41, 5.74) is 0. The summed E-state index contributed by atoms with van der Waals surface area (Å²) in [6.45, 7) is 18.5. The molecule has 0 saturated carbocycles. The van der Waals surface area contributed by atoms with Gasteiger partial charge in [-0.05, 0) is 102 Å². The largest absolute Gasteiger partial charge is 0.353 e. The quantitative estimate of drug-likeness (QED) is 0.0342. The van der Waals surface area contributed by atoms with Crippen LogP contribution in [0.5, 0.6) is 0 Å². The molecule has 0 rings (SSSR count). The Labute approximate surface area is 482 Å². The summed E-state index contributed by atoms with van der Waals surface area (Å²) in [6.07, 6.45) is 70.8. The fraction of sp³-hybridized carbons (Fsp3) is 0.943. The molecule has 0 N–H and O–H groups in total. The van der Waals surface area contributed by atoms with Crippen LogP contribution in [0.2, 0.25) is 0 Å². The molecule has 0 heterocycles. The minimum atomic E-state index is -0.387. The number of rotatable bonds is 68. The molecule has 0 aromatic rings. The second kappa shape index (κ2) is 67.7. The van der Waals surface area contributed by atoms with Gasteiger partial charge in [0.15, 0.2) is 25.2 Å². The van der Waals surface area contributed by atoms with Gasteiger partial charge in [-0.25, -0.2) is 0 Å². The van der Waals surface area contributed by atoms with Crippen LogP contribution in [0.25, 0.3) is 0 Å². The van der Waals surface area contributed by atoms with E-state index in [0.29, 0.717) is 0 Å². The highest BCUT2D eigenvalue weighted by Crippen LogP contribution is 2.19. The Morgan fingerprint density at radius 3 is 0.701 bits per heavy atom. The summed E-state index contributed by atoms with van der Waals surface area (Å²) in [7, 11) is 0. The van der Waals surface area contributed by atoms with E-state index in [4.69, 9.17) is 33.2 Å². The molecule has 0 aliphatic heterocycles. The lowest BCUT2D eigenvalue weighted by atomic mass is 10.1. The maximum Gasteiger partial charge on any atom is 0.180 e. The molecule has 0 bridgehead atoms. The van der Waals surface area contributed by atoms with Crippen molar-refractivity contribution in [3.63, 3.8) is 0 Å². The van der Waals surface area contributed by atoms with Crippen LogP contribution in [0.1, 0.15) is 363 Å². The molecule has 0 radical (unpaired) electrons. The number of hydrogen-bond donors (Lipinski definition) is 0. The topological polar surface area (TPSA) is 64.6 Å². The molecule has 7 heteroatoms. The van der Waals surface area contributed by atoms with E-state index in [1.807, 2.05) is 0 Å². The van der Waals surface area contributed by atoms with Gasteiger partial charge in [-0.3, -0.25) is 0 Å². The Morgan fingerprint density at radius 2 is 0.429 bits per heavy atom. The van der Waals surface area contributed by atoms with E-state index in [1.54, 1.807) is 0 Å². The highest BCUT2D eigenvalue weighted by molar-refractivity contribution is 4.90. The maximum atomic E-state index is 6.69. The first-order valence-electron chi connectivity index (χ1n) is 34.8. The van der Waals surface area contributed by atoms with Gasteiger partial charge in [-0.2, -0.15) is 0 Å². The molecule has 7 nitrogen and oxygen atoms in total.